The highest BCUT2D eigenvalue weighted by Gasteiger charge is 2.20. The molecule has 3 aromatic rings. The van der Waals surface area contributed by atoms with Crippen LogP contribution in [0.2, 0.25) is 0 Å². The van der Waals surface area contributed by atoms with Crippen LogP contribution in [-0.4, -0.2) is 26.1 Å². The van der Waals surface area contributed by atoms with Crippen molar-refractivity contribution in [3.05, 3.63) is 52.2 Å². The summed E-state index contributed by atoms with van der Waals surface area (Å²) >= 11 is 1.65. The monoisotopic (exact) mass is 383 g/mol. The van der Waals surface area contributed by atoms with E-state index in [2.05, 4.69) is 60.6 Å². The molecule has 27 heavy (non-hydrogen) atoms. The number of tetrazole rings is 1. The van der Waals surface area contributed by atoms with E-state index in [4.69, 9.17) is 0 Å². The number of hydrogen-bond acceptors (Lipinski definition) is 5. The van der Waals surface area contributed by atoms with Crippen molar-refractivity contribution in [1.82, 2.24) is 25.5 Å². The Labute approximate surface area is 163 Å². The van der Waals surface area contributed by atoms with E-state index in [-0.39, 0.29) is 18.5 Å². The first-order valence-corrected chi connectivity index (χ1v) is 10.0. The van der Waals surface area contributed by atoms with E-state index in [1.165, 1.54) is 10.4 Å². The van der Waals surface area contributed by atoms with Crippen molar-refractivity contribution >= 4 is 17.2 Å². The molecule has 0 saturated carbocycles. The topological polar surface area (TPSA) is 72.7 Å². The van der Waals surface area contributed by atoms with Crippen LogP contribution in [0, 0.1) is 5.92 Å². The summed E-state index contributed by atoms with van der Waals surface area (Å²) in [7, 11) is 0. The molecule has 142 valence electrons. The maximum absolute atomic E-state index is 12.5. The number of aromatic nitrogens is 4. The molecule has 1 aromatic carbocycles. The van der Waals surface area contributed by atoms with Crippen molar-refractivity contribution < 1.29 is 4.79 Å². The van der Waals surface area contributed by atoms with E-state index in [9.17, 15) is 4.79 Å². The van der Waals surface area contributed by atoms with Gasteiger partial charge in [0.15, 0.2) is 0 Å². The zero-order valence-electron chi connectivity index (χ0n) is 16.1. The smallest absolute Gasteiger partial charge is 0.244 e. The van der Waals surface area contributed by atoms with E-state index < -0.39 is 0 Å². The molecule has 0 aliphatic carbocycles. The van der Waals surface area contributed by atoms with E-state index in [0.717, 1.165) is 10.4 Å². The van der Waals surface area contributed by atoms with Gasteiger partial charge in [-0.3, -0.25) is 4.79 Å². The van der Waals surface area contributed by atoms with E-state index in [1.54, 1.807) is 11.3 Å². The van der Waals surface area contributed by atoms with Crippen LogP contribution in [0.3, 0.4) is 0 Å². The minimum Gasteiger partial charge on any atom is -0.347 e. The van der Waals surface area contributed by atoms with Crippen LogP contribution in [0.5, 0.6) is 0 Å². The highest BCUT2D eigenvalue weighted by atomic mass is 32.1. The molecular weight excluding hydrogens is 358 g/mol. The van der Waals surface area contributed by atoms with Crippen molar-refractivity contribution in [2.24, 2.45) is 5.92 Å². The lowest BCUT2D eigenvalue weighted by Gasteiger charge is -2.21. The lowest BCUT2D eigenvalue weighted by Crippen LogP contribution is -2.34. The molecule has 2 heterocycles. The van der Waals surface area contributed by atoms with Crippen molar-refractivity contribution in [2.75, 3.05) is 0 Å². The van der Waals surface area contributed by atoms with E-state index >= 15 is 0 Å². The average molecular weight is 384 g/mol. The summed E-state index contributed by atoms with van der Waals surface area (Å²) in [6, 6.07) is 12.2. The third kappa shape index (κ3) is 4.80. The minimum absolute atomic E-state index is 0.0101. The zero-order chi connectivity index (χ0) is 19.4. The highest BCUT2D eigenvalue weighted by Crippen LogP contribution is 2.25. The molecule has 0 radical (unpaired) electrons. The number of benzene rings is 1. The van der Waals surface area contributed by atoms with Crippen LogP contribution in [0.15, 0.2) is 41.8 Å². The summed E-state index contributed by atoms with van der Waals surface area (Å²) in [6.45, 7) is 8.55. The van der Waals surface area contributed by atoms with Gasteiger partial charge < -0.3 is 5.32 Å². The molecule has 0 spiro atoms. The number of thiophene rings is 1. The second-order valence-corrected chi connectivity index (χ2v) is 8.20. The molecule has 0 saturated heterocycles. The zero-order valence-corrected chi connectivity index (χ0v) is 16.9. The van der Waals surface area contributed by atoms with Gasteiger partial charge in [0.2, 0.25) is 11.7 Å². The SMILES string of the molecule is CC(C)c1ccc(-c2nnn(CC(=O)N[C@H](c3cccs3)C(C)C)n2)cc1. The Balaban J connectivity index is 1.65. The second-order valence-electron chi connectivity index (χ2n) is 7.22. The number of hydrogen-bond donors (Lipinski definition) is 1. The van der Waals surface area contributed by atoms with E-state index in [1.807, 2.05) is 29.6 Å². The molecule has 1 N–H and O–H groups in total. The first-order valence-electron chi connectivity index (χ1n) is 9.15. The quantitative estimate of drug-likeness (QED) is 0.668. The van der Waals surface area contributed by atoms with Gasteiger partial charge in [-0.25, -0.2) is 0 Å². The molecule has 1 amide bonds. The molecule has 0 fully saturated rings. The summed E-state index contributed by atoms with van der Waals surface area (Å²) in [4.78, 5) is 14.9. The van der Waals surface area contributed by atoms with Crippen molar-refractivity contribution in [3.63, 3.8) is 0 Å². The predicted octanol–water partition coefficient (Wildman–Crippen LogP) is 4.04. The lowest BCUT2D eigenvalue weighted by molar-refractivity contribution is -0.123. The van der Waals surface area contributed by atoms with E-state index in [0.29, 0.717) is 17.7 Å². The van der Waals surface area contributed by atoms with Crippen molar-refractivity contribution in [1.29, 1.82) is 0 Å². The number of rotatable bonds is 7. The summed E-state index contributed by atoms with van der Waals surface area (Å²) in [5.74, 6) is 1.17. The number of amides is 1. The van der Waals surface area contributed by atoms with Gasteiger partial charge in [0, 0.05) is 10.4 Å². The van der Waals surface area contributed by atoms with Crippen LogP contribution in [0.4, 0.5) is 0 Å². The van der Waals surface area contributed by atoms with Gasteiger partial charge in [-0.2, -0.15) is 4.80 Å². The number of nitrogens with zero attached hydrogens (tertiary/aromatic N) is 4. The van der Waals surface area contributed by atoms with Crippen LogP contribution in [-0.2, 0) is 11.3 Å². The fourth-order valence-electron chi connectivity index (χ4n) is 2.82. The van der Waals surface area contributed by atoms with Crippen LogP contribution < -0.4 is 5.32 Å². The molecule has 0 unspecified atom stereocenters. The van der Waals surface area contributed by atoms with Gasteiger partial charge in [-0.1, -0.05) is 58.0 Å². The molecule has 7 heteroatoms. The second kappa shape index (κ2) is 8.43. The molecule has 0 aliphatic heterocycles. The molecule has 0 bridgehead atoms. The first-order chi connectivity index (χ1) is 12.9. The Morgan fingerprint density at radius 3 is 2.48 bits per heavy atom. The average Bonchev–Trinajstić information content (AvgIpc) is 3.31. The summed E-state index contributed by atoms with van der Waals surface area (Å²) in [6.07, 6.45) is 0. The van der Waals surface area contributed by atoms with Gasteiger partial charge in [-0.15, -0.1) is 21.5 Å². The van der Waals surface area contributed by atoms with Gasteiger partial charge >= 0.3 is 0 Å². The third-order valence-electron chi connectivity index (χ3n) is 4.41. The molecule has 3 rings (SSSR count). The Morgan fingerprint density at radius 2 is 1.89 bits per heavy atom. The molecular formula is C20H25N5OS. The van der Waals surface area contributed by atoms with Crippen molar-refractivity contribution in [2.45, 2.75) is 46.2 Å². The van der Waals surface area contributed by atoms with Crippen LogP contribution in [0.1, 0.15) is 50.1 Å². The van der Waals surface area contributed by atoms with Crippen LogP contribution >= 0.6 is 11.3 Å². The third-order valence-corrected chi connectivity index (χ3v) is 5.36. The Bertz CT molecular complexity index is 868. The fraction of sp³-hybridized carbons (Fsp3) is 0.400. The number of carbonyl (C=O) groups is 1. The fourth-order valence-corrected chi connectivity index (χ4v) is 3.77. The van der Waals surface area contributed by atoms with Gasteiger partial charge in [-0.05, 0) is 34.1 Å². The van der Waals surface area contributed by atoms with Crippen LogP contribution in [0.25, 0.3) is 11.4 Å². The molecule has 2 aromatic heterocycles. The Morgan fingerprint density at radius 1 is 1.15 bits per heavy atom. The maximum atomic E-state index is 12.5. The summed E-state index contributed by atoms with van der Waals surface area (Å²) in [5.41, 5.74) is 2.16. The van der Waals surface area contributed by atoms with Gasteiger partial charge in [0.1, 0.15) is 6.54 Å². The molecule has 6 nitrogen and oxygen atoms in total. The predicted molar refractivity (Wildman–Crippen MR) is 107 cm³/mol. The largest absolute Gasteiger partial charge is 0.347 e. The maximum Gasteiger partial charge on any atom is 0.244 e. The first kappa shape index (κ1) is 19.2. The highest BCUT2D eigenvalue weighted by molar-refractivity contribution is 7.10. The van der Waals surface area contributed by atoms with Crippen molar-refractivity contribution in [3.8, 4) is 11.4 Å². The Kier molecular flexibility index (Phi) is 6.01. The normalized spacial score (nSPS) is 12.5. The molecule has 1 atom stereocenters. The van der Waals surface area contributed by atoms with Gasteiger partial charge in [0.05, 0.1) is 6.04 Å². The lowest BCUT2D eigenvalue weighted by atomic mass is 10.0. The number of carbonyl (C=O) groups excluding carboxylic acids is 1. The summed E-state index contributed by atoms with van der Waals surface area (Å²) in [5, 5.41) is 17.6. The minimum atomic E-state index is -0.124. The van der Waals surface area contributed by atoms with Gasteiger partial charge in [0.25, 0.3) is 0 Å². The molecule has 0 aliphatic rings. The number of nitrogens with one attached hydrogen (secondary N) is 1. The standard InChI is InChI=1S/C20H25N5OS/c1-13(2)15-7-9-16(10-8-15)20-22-24-25(23-20)12-18(26)21-19(14(3)4)17-6-5-11-27-17/h5-11,13-14,19H,12H2,1-4H3,(H,21,26)/t19-/m0/s1. The Hall–Kier alpha value is -2.54. The summed E-state index contributed by atoms with van der Waals surface area (Å²) < 4.78 is 0.